The third-order valence-corrected chi connectivity index (χ3v) is 5.46. The number of para-hydroxylation sites is 1. The molecule has 2 aromatic rings. The van der Waals surface area contributed by atoms with Crippen molar-refractivity contribution >= 4 is 34.7 Å². The molecule has 1 atom stereocenters. The first-order chi connectivity index (χ1) is 13.2. The summed E-state index contributed by atoms with van der Waals surface area (Å²) in [5.74, 6) is -0.0244. The molecule has 0 aliphatic carbocycles. The van der Waals surface area contributed by atoms with Crippen molar-refractivity contribution in [1.82, 2.24) is 10.3 Å². The quantitative estimate of drug-likeness (QED) is 0.859. The lowest BCUT2D eigenvalue weighted by molar-refractivity contribution is -0.118. The first-order valence-corrected chi connectivity index (χ1v) is 9.82. The summed E-state index contributed by atoms with van der Waals surface area (Å²) in [4.78, 5) is 16.8. The average molecular weight is 382 g/mol. The van der Waals surface area contributed by atoms with Gasteiger partial charge in [-0.2, -0.15) is 5.10 Å². The Morgan fingerprint density at radius 1 is 1.22 bits per heavy atom. The van der Waals surface area contributed by atoms with E-state index < -0.39 is 0 Å². The minimum atomic E-state index is -0.253. The van der Waals surface area contributed by atoms with Crippen LogP contribution in [-0.4, -0.2) is 34.6 Å². The molecule has 1 N–H and O–H groups in total. The van der Waals surface area contributed by atoms with E-state index in [9.17, 15) is 9.18 Å². The standard InChI is InChI=1S/C20H19FN4OS/c21-15-7-5-14(6-8-15)9-11-22-19(26)13-27-20-24-17-4-2-1-3-16(17)18-10-12-23-25(18)20/h1-8,12,18H,9-11,13H2,(H,22,26). The van der Waals surface area contributed by atoms with Crippen molar-refractivity contribution in [3.05, 3.63) is 65.5 Å². The highest BCUT2D eigenvalue weighted by Gasteiger charge is 2.32. The Kier molecular flexibility index (Phi) is 5.20. The fourth-order valence-electron chi connectivity index (χ4n) is 3.16. The second-order valence-corrected chi connectivity index (χ2v) is 7.30. The van der Waals surface area contributed by atoms with Crippen LogP contribution in [0.4, 0.5) is 10.1 Å². The van der Waals surface area contributed by atoms with Gasteiger partial charge in [-0.25, -0.2) is 14.4 Å². The number of nitrogens with zero attached hydrogens (tertiary/aromatic N) is 3. The summed E-state index contributed by atoms with van der Waals surface area (Å²) in [6.45, 7) is 0.519. The van der Waals surface area contributed by atoms with Gasteiger partial charge in [0.15, 0.2) is 5.17 Å². The highest BCUT2D eigenvalue weighted by Crippen LogP contribution is 2.40. The number of carbonyl (C=O) groups is 1. The van der Waals surface area contributed by atoms with Crippen molar-refractivity contribution in [3.63, 3.8) is 0 Å². The molecule has 5 nitrogen and oxygen atoms in total. The predicted octanol–water partition coefficient (Wildman–Crippen LogP) is 3.65. The normalized spacial score (nSPS) is 17.3. The monoisotopic (exact) mass is 382 g/mol. The Hall–Kier alpha value is -2.67. The Labute approximate surface area is 161 Å². The fourth-order valence-corrected chi connectivity index (χ4v) is 3.99. The van der Waals surface area contributed by atoms with Crippen LogP contribution in [0.15, 0.2) is 58.6 Å². The number of hydrogen-bond acceptors (Lipinski definition) is 5. The molecule has 2 aliphatic heterocycles. The van der Waals surface area contributed by atoms with E-state index in [0.29, 0.717) is 13.0 Å². The van der Waals surface area contributed by atoms with Gasteiger partial charge in [-0.15, -0.1) is 0 Å². The van der Waals surface area contributed by atoms with Crippen molar-refractivity contribution in [1.29, 1.82) is 0 Å². The van der Waals surface area contributed by atoms with Crippen molar-refractivity contribution < 1.29 is 9.18 Å². The summed E-state index contributed by atoms with van der Waals surface area (Å²) in [6.07, 6.45) is 3.41. The van der Waals surface area contributed by atoms with Gasteiger partial charge in [0.25, 0.3) is 0 Å². The molecule has 1 unspecified atom stereocenters. The molecule has 0 saturated heterocycles. The van der Waals surface area contributed by atoms with Gasteiger partial charge in [0.2, 0.25) is 5.91 Å². The van der Waals surface area contributed by atoms with Crippen LogP contribution in [0.2, 0.25) is 0 Å². The molecule has 0 radical (unpaired) electrons. The van der Waals surface area contributed by atoms with Crippen LogP contribution in [0.5, 0.6) is 0 Å². The molecule has 4 rings (SSSR count). The van der Waals surface area contributed by atoms with Gasteiger partial charge in [0.05, 0.1) is 17.5 Å². The van der Waals surface area contributed by atoms with Crippen LogP contribution >= 0.6 is 11.8 Å². The zero-order valence-corrected chi connectivity index (χ0v) is 15.5. The molecule has 0 aromatic heterocycles. The van der Waals surface area contributed by atoms with E-state index in [0.717, 1.165) is 22.8 Å². The van der Waals surface area contributed by atoms with Gasteiger partial charge in [-0.1, -0.05) is 42.1 Å². The SMILES string of the molecule is O=C(CSC1=Nc2ccccc2C2CC=NN12)NCCc1ccc(F)cc1. The van der Waals surface area contributed by atoms with Crippen LogP contribution in [0, 0.1) is 5.82 Å². The number of rotatable bonds is 5. The number of amides is 1. The molecule has 2 aromatic carbocycles. The van der Waals surface area contributed by atoms with Crippen LogP contribution < -0.4 is 5.32 Å². The van der Waals surface area contributed by atoms with E-state index >= 15 is 0 Å². The van der Waals surface area contributed by atoms with Crippen molar-refractivity contribution in [2.75, 3.05) is 12.3 Å². The Bertz CT molecular complexity index is 897. The summed E-state index contributed by atoms with van der Waals surface area (Å²) in [6, 6.07) is 14.5. The summed E-state index contributed by atoms with van der Waals surface area (Å²) in [5, 5.41) is 9.97. The number of nitrogens with one attached hydrogen (secondary N) is 1. The largest absolute Gasteiger partial charge is 0.355 e. The second-order valence-electron chi connectivity index (χ2n) is 6.36. The topological polar surface area (TPSA) is 57.1 Å². The summed E-state index contributed by atoms with van der Waals surface area (Å²) >= 11 is 1.39. The molecule has 1 amide bonds. The van der Waals surface area contributed by atoms with Gasteiger partial charge >= 0.3 is 0 Å². The van der Waals surface area contributed by atoms with Crippen molar-refractivity contribution in [2.24, 2.45) is 10.1 Å². The number of fused-ring (bicyclic) bond motifs is 3. The maximum Gasteiger partial charge on any atom is 0.230 e. The second kappa shape index (κ2) is 7.92. The lowest BCUT2D eigenvalue weighted by Gasteiger charge is -2.29. The molecule has 0 saturated carbocycles. The molecular formula is C20H19FN4OS. The van der Waals surface area contributed by atoms with Crippen molar-refractivity contribution in [3.8, 4) is 0 Å². The number of amidine groups is 1. The number of aliphatic imine (C=N–C) groups is 1. The van der Waals surface area contributed by atoms with Gasteiger partial charge in [-0.3, -0.25) is 4.79 Å². The van der Waals surface area contributed by atoms with E-state index in [2.05, 4.69) is 21.5 Å². The first kappa shape index (κ1) is 17.7. The maximum absolute atomic E-state index is 12.9. The molecule has 2 aliphatic rings. The number of carbonyl (C=O) groups excluding carboxylic acids is 1. The highest BCUT2D eigenvalue weighted by molar-refractivity contribution is 8.14. The van der Waals surface area contributed by atoms with E-state index in [4.69, 9.17) is 0 Å². The maximum atomic E-state index is 12.9. The third-order valence-electron chi connectivity index (χ3n) is 4.52. The molecule has 27 heavy (non-hydrogen) atoms. The van der Waals surface area contributed by atoms with Crippen LogP contribution in [0.3, 0.4) is 0 Å². The Balaban J connectivity index is 1.31. The highest BCUT2D eigenvalue weighted by atomic mass is 32.2. The zero-order valence-electron chi connectivity index (χ0n) is 14.6. The van der Waals surface area contributed by atoms with Gasteiger partial charge in [0.1, 0.15) is 5.82 Å². The van der Waals surface area contributed by atoms with E-state index in [1.807, 2.05) is 29.4 Å². The summed E-state index contributed by atoms with van der Waals surface area (Å²) in [5.41, 5.74) is 3.11. The van der Waals surface area contributed by atoms with Gasteiger partial charge in [0, 0.05) is 24.7 Å². The van der Waals surface area contributed by atoms with Crippen LogP contribution in [0.25, 0.3) is 0 Å². The average Bonchev–Trinajstić information content (AvgIpc) is 3.18. The summed E-state index contributed by atoms with van der Waals surface area (Å²) in [7, 11) is 0. The van der Waals surface area contributed by atoms with Gasteiger partial charge in [-0.05, 0) is 30.2 Å². The molecular weight excluding hydrogens is 363 g/mol. The lowest BCUT2D eigenvalue weighted by atomic mass is 10.0. The number of benzene rings is 2. The summed E-state index contributed by atoms with van der Waals surface area (Å²) < 4.78 is 12.9. The van der Waals surface area contributed by atoms with Crippen LogP contribution in [-0.2, 0) is 11.2 Å². The first-order valence-electron chi connectivity index (χ1n) is 8.84. The Morgan fingerprint density at radius 3 is 2.89 bits per heavy atom. The number of hydrogen-bond donors (Lipinski definition) is 1. The number of thioether (sulfide) groups is 1. The number of halogens is 1. The minimum Gasteiger partial charge on any atom is -0.355 e. The fraction of sp³-hybridized carbons (Fsp3) is 0.250. The molecule has 2 heterocycles. The van der Waals surface area contributed by atoms with Crippen LogP contribution in [0.1, 0.15) is 23.6 Å². The van der Waals surface area contributed by atoms with Crippen molar-refractivity contribution in [2.45, 2.75) is 18.9 Å². The van der Waals surface area contributed by atoms with E-state index in [1.54, 1.807) is 12.1 Å². The van der Waals surface area contributed by atoms with E-state index in [-0.39, 0.29) is 23.5 Å². The minimum absolute atomic E-state index is 0.0524. The van der Waals surface area contributed by atoms with E-state index in [1.165, 1.54) is 29.5 Å². The molecule has 7 heteroatoms. The molecule has 0 bridgehead atoms. The molecule has 0 spiro atoms. The smallest absolute Gasteiger partial charge is 0.230 e. The predicted molar refractivity (Wildman–Crippen MR) is 107 cm³/mol. The lowest BCUT2D eigenvalue weighted by Crippen LogP contribution is -2.31. The number of hydrazone groups is 1. The zero-order chi connectivity index (χ0) is 18.6. The molecule has 0 fully saturated rings. The molecule has 138 valence electrons. The third kappa shape index (κ3) is 4.03. The Morgan fingerprint density at radius 2 is 2.04 bits per heavy atom. The van der Waals surface area contributed by atoms with Gasteiger partial charge < -0.3 is 5.32 Å².